The third-order valence-corrected chi connectivity index (χ3v) is 5.07. The van der Waals surface area contributed by atoms with E-state index in [1.54, 1.807) is 12.3 Å². The van der Waals surface area contributed by atoms with Gasteiger partial charge < -0.3 is 14.2 Å². The monoisotopic (exact) mass is 340 g/mol. The normalized spacial score (nSPS) is 19.8. The van der Waals surface area contributed by atoms with Crippen LogP contribution in [0.1, 0.15) is 53.4 Å². The van der Waals surface area contributed by atoms with Gasteiger partial charge in [-0.25, -0.2) is 4.98 Å². The lowest BCUT2D eigenvalue weighted by Gasteiger charge is -2.34. The van der Waals surface area contributed by atoms with Crippen LogP contribution in [0.5, 0.6) is 0 Å². The van der Waals surface area contributed by atoms with Crippen LogP contribution in [0.4, 0.5) is 0 Å². The molecule has 1 fully saturated rings. The maximum absolute atomic E-state index is 12.8. The predicted octanol–water partition coefficient (Wildman–Crippen LogP) is 2.73. The average molecular weight is 340 g/mol. The van der Waals surface area contributed by atoms with Crippen LogP contribution in [0.25, 0.3) is 0 Å². The largest absolute Gasteiger partial charge is 0.375 e. The predicted molar refractivity (Wildman–Crippen MR) is 93.0 cm³/mol. The van der Waals surface area contributed by atoms with Gasteiger partial charge in [0.25, 0.3) is 5.91 Å². The van der Waals surface area contributed by atoms with Crippen molar-refractivity contribution < 1.29 is 9.53 Å². The van der Waals surface area contributed by atoms with Crippen molar-refractivity contribution in [3.8, 4) is 0 Å². The molecule has 0 spiro atoms. The standard InChI is InChI=1S/C19H24N4O2/c1-13-3-6-17(20-9-13)19(24)22-7-8-23-16(10-21-18(23)14(22)2)12-25-11-15-4-5-15/h3,6,9-10,14-15H,4-5,7-8,11-12H2,1-2H3. The number of aryl methyl sites for hydroxylation is 1. The van der Waals surface area contributed by atoms with Gasteiger partial charge in [0.05, 0.1) is 24.5 Å². The maximum atomic E-state index is 12.8. The number of pyridine rings is 1. The molecule has 0 radical (unpaired) electrons. The number of hydrogen-bond donors (Lipinski definition) is 0. The highest BCUT2D eigenvalue weighted by molar-refractivity contribution is 5.92. The van der Waals surface area contributed by atoms with Crippen molar-refractivity contribution in [2.75, 3.05) is 13.2 Å². The molecule has 6 heteroatoms. The Hall–Kier alpha value is -2.21. The summed E-state index contributed by atoms with van der Waals surface area (Å²) >= 11 is 0. The molecule has 0 N–H and O–H groups in total. The van der Waals surface area contributed by atoms with Crippen LogP contribution in [-0.2, 0) is 17.9 Å². The molecule has 132 valence electrons. The van der Waals surface area contributed by atoms with E-state index < -0.39 is 0 Å². The molecule has 0 bridgehead atoms. The highest BCUT2D eigenvalue weighted by atomic mass is 16.5. The van der Waals surface area contributed by atoms with Crippen molar-refractivity contribution in [2.24, 2.45) is 5.92 Å². The first-order chi connectivity index (χ1) is 12.1. The van der Waals surface area contributed by atoms with E-state index in [-0.39, 0.29) is 11.9 Å². The van der Waals surface area contributed by atoms with Gasteiger partial charge in [-0.2, -0.15) is 0 Å². The fraction of sp³-hybridized carbons (Fsp3) is 0.526. The van der Waals surface area contributed by atoms with Crippen molar-refractivity contribution in [3.05, 3.63) is 47.3 Å². The van der Waals surface area contributed by atoms with E-state index in [4.69, 9.17) is 4.74 Å². The summed E-state index contributed by atoms with van der Waals surface area (Å²) in [4.78, 5) is 23.5. The quantitative estimate of drug-likeness (QED) is 0.840. The number of rotatable bonds is 5. The van der Waals surface area contributed by atoms with Gasteiger partial charge in [0, 0.05) is 25.9 Å². The second-order valence-electron chi connectivity index (χ2n) is 7.11. The van der Waals surface area contributed by atoms with Crippen LogP contribution in [0.15, 0.2) is 24.5 Å². The Morgan fingerprint density at radius 3 is 2.80 bits per heavy atom. The molecule has 25 heavy (non-hydrogen) atoms. The van der Waals surface area contributed by atoms with Crippen LogP contribution in [0.2, 0.25) is 0 Å². The van der Waals surface area contributed by atoms with Crippen molar-refractivity contribution in [2.45, 2.75) is 45.9 Å². The van der Waals surface area contributed by atoms with Crippen LogP contribution in [-0.4, -0.2) is 38.5 Å². The Morgan fingerprint density at radius 1 is 1.24 bits per heavy atom. The lowest BCUT2D eigenvalue weighted by Crippen LogP contribution is -2.41. The van der Waals surface area contributed by atoms with Gasteiger partial charge in [0.1, 0.15) is 11.5 Å². The number of nitrogens with zero attached hydrogens (tertiary/aromatic N) is 4. The molecular weight excluding hydrogens is 316 g/mol. The van der Waals surface area contributed by atoms with Crippen LogP contribution >= 0.6 is 0 Å². The minimum atomic E-state index is -0.0680. The molecule has 2 aromatic heterocycles. The highest BCUT2D eigenvalue weighted by Crippen LogP contribution is 2.30. The van der Waals surface area contributed by atoms with E-state index in [0.29, 0.717) is 18.8 Å². The first kappa shape index (κ1) is 16.3. The van der Waals surface area contributed by atoms with E-state index in [0.717, 1.165) is 36.2 Å². The smallest absolute Gasteiger partial charge is 0.273 e. The summed E-state index contributed by atoms with van der Waals surface area (Å²) in [6, 6.07) is 3.65. The first-order valence-electron chi connectivity index (χ1n) is 8.99. The van der Waals surface area contributed by atoms with Gasteiger partial charge in [-0.05, 0) is 44.2 Å². The third-order valence-electron chi connectivity index (χ3n) is 5.07. The lowest BCUT2D eigenvalue weighted by molar-refractivity contribution is 0.0620. The zero-order chi connectivity index (χ0) is 17.4. The molecule has 3 heterocycles. The fourth-order valence-corrected chi connectivity index (χ4v) is 3.31. The van der Waals surface area contributed by atoms with E-state index in [1.807, 2.05) is 31.0 Å². The Morgan fingerprint density at radius 2 is 2.08 bits per heavy atom. The van der Waals surface area contributed by atoms with Crippen molar-refractivity contribution in [1.29, 1.82) is 0 Å². The molecule has 0 aromatic carbocycles. The lowest BCUT2D eigenvalue weighted by atomic mass is 10.1. The number of carbonyl (C=O) groups excluding carboxylic acids is 1. The van der Waals surface area contributed by atoms with E-state index in [9.17, 15) is 4.79 Å². The first-order valence-corrected chi connectivity index (χ1v) is 8.99. The molecule has 1 atom stereocenters. The molecule has 4 rings (SSSR count). The summed E-state index contributed by atoms with van der Waals surface area (Å²) in [5, 5.41) is 0. The molecule has 1 saturated carbocycles. The summed E-state index contributed by atoms with van der Waals surface area (Å²) in [7, 11) is 0. The van der Waals surface area contributed by atoms with Gasteiger partial charge in [0.15, 0.2) is 0 Å². The Balaban J connectivity index is 1.47. The van der Waals surface area contributed by atoms with Crippen molar-refractivity contribution >= 4 is 5.91 Å². The second-order valence-corrected chi connectivity index (χ2v) is 7.11. The number of hydrogen-bond acceptors (Lipinski definition) is 4. The summed E-state index contributed by atoms with van der Waals surface area (Å²) in [5.74, 6) is 1.66. The molecule has 1 aliphatic heterocycles. The SMILES string of the molecule is Cc1ccc(C(=O)N2CCn3c(COCC4CC4)cnc3C2C)nc1. The summed E-state index contributed by atoms with van der Waals surface area (Å²) in [5.41, 5.74) is 2.64. The number of imidazole rings is 1. The second kappa shape index (κ2) is 6.59. The molecule has 1 amide bonds. The van der Waals surface area contributed by atoms with Crippen LogP contribution < -0.4 is 0 Å². The molecule has 0 saturated heterocycles. The van der Waals surface area contributed by atoms with E-state index >= 15 is 0 Å². The highest BCUT2D eigenvalue weighted by Gasteiger charge is 2.31. The number of carbonyl (C=O) groups is 1. The molecule has 1 aliphatic carbocycles. The van der Waals surface area contributed by atoms with Crippen molar-refractivity contribution in [1.82, 2.24) is 19.4 Å². The third kappa shape index (κ3) is 3.31. The maximum Gasteiger partial charge on any atom is 0.273 e. The fourth-order valence-electron chi connectivity index (χ4n) is 3.31. The van der Waals surface area contributed by atoms with E-state index in [1.165, 1.54) is 12.8 Å². The summed E-state index contributed by atoms with van der Waals surface area (Å²) < 4.78 is 8.01. The Labute approximate surface area is 147 Å². The Bertz CT molecular complexity index is 764. The number of ether oxygens (including phenoxy) is 1. The zero-order valence-electron chi connectivity index (χ0n) is 14.8. The van der Waals surface area contributed by atoms with Gasteiger partial charge >= 0.3 is 0 Å². The van der Waals surface area contributed by atoms with Gasteiger partial charge in [-0.15, -0.1) is 0 Å². The molecule has 1 unspecified atom stereocenters. The van der Waals surface area contributed by atoms with Gasteiger partial charge in [-0.1, -0.05) is 6.07 Å². The summed E-state index contributed by atoms with van der Waals surface area (Å²) in [6.07, 6.45) is 6.21. The minimum Gasteiger partial charge on any atom is -0.375 e. The topological polar surface area (TPSA) is 60.2 Å². The Kier molecular flexibility index (Phi) is 4.29. The average Bonchev–Trinajstić information content (AvgIpc) is 3.34. The summed E-state index contributed by atoms with van der Waals surface area (Å²) in [6.45, 7) is 6.85. The van der Waals surface area contributed by atoms with Gasteiger partial charge in [0.2, 0.25) is 0 Å². The molecule has 6 nitrogen and oxygen atoms in total. The molecular formula is C19H24N4O2. The molecule has 2 aromatic rings. The number of aromatic nitrogens is 3. The van der Waals surface area contributed by atoms with E-state index in [2.05, 4.69) is 14.5 Å². The molecule has 2 aliphatic rings. The minimum absolute atomic E-state index is 0.0340. The number of amides is 1. The number of fused-ring (bicyclic) bond motifs is 1. The van der Waals surface area contributed by atoms with Crippen molar-refractivity contribution in [3.63, 3.8) is 0 Å². The van der Waals surface area contributed by atoms with Crippen LogP contribution in [0.3, 0.4) is 0 Å². The zero-order valence-corrected chi connectivity index (χ0v) is 14.8. The van der Waals surface area contributed by atoms with Crippen LogP contribution in [0, 0.1) is 12.8 Å². The van der Waals surface area contributed by atoms with Gasteiger partial charge in [-0.3, -0.25) is 9.78 Å².